The summed E-state index contributed by atoms with van der Waals surface area (Å²) in [5, 5.41) is 6.67. The Morgan fingerprint density at radius 2 is 2.13 bits per heavy atom. The molecule has 2 aromatic heterocycles. The molecule has 2 aromatic rings. The molecule has 3 heterocycles. The van der Waals surface area contributed by atoms with Gasteiger partial charge in [0, 0.05) is 24.2 Å². The van der Waals surface area contributed by atoms with Crippen molar-refractivity contribution in [1.29, 1.82) is 0 Å². The van der Waals surface area contributed by atoms with Gasteiger partial charge in [0.15, 0.2) is 0 Å². The smallest absolute Gasteiger partial charge is 0.142 e. The molecular formula is C17H25ClN4S. The van der Waals surface area contributed by atoms with Crippen LogP contribution in [0.5, 0.6) is 0 Å². The first-order valence-corrected chi connectivity index (χ1v) is 9.05. The van der Waals surface area contributed by atoms with Gasteiger partial charge < -0.3 is 5.32 Å². The maximum Gasteiger partial charge on any atom is 0.142 e. The second-order valence-corrected chi connectivity index (χ2v) is 6.67. The minimum absolute atomic E-state index is 0. The Kier molecular flexibility index (Phi) is 7.43. The summed E-state index contributed by atoms with van der Waals surface area (Å²) in [5.74, 6) is 0. The van der Waals surface area contributed by atoms with E-state index in [0.29, 0.717) is 6.04 Å². The molecule has 1 N–H and O–H groups in total. The molecule has 6 heteroatoms. The third-order valence-corrected chi connectivity index (χ3v) is 5.05. The van der Waals surface area contributed by atoms with Crippen molar-refractivity contribution in [3.8, 4) is 10.7 Å². The highest BCUT2D eigenvalue weighted by molar-refractivity contribution is 7.13. The van der Waals surface area contributed by atoms with Gasteiger partial charge in [-0.15, -0.1) is 23.7 Å². The van der Waals surface area contributed by atoms with Gasteiger partial charge in [-0.2, -0.15) is 0 Å². The van der Waals surface area contributed by atoms with Crippen LogP contribution in [0, 0.1) is 0 Å². The predicted octanol–water partition coefficient (Wildman–Crippen LogP) is 3.59. The Bertz CT molecular complexity index is 569. The fraction of sp³-hybridized carbons (Fsp3) is 0.529. The monoisotopic (exact) mass is 352 g/mol. The molecule has 0 saturated carbocycles. The number of aromatic nitrogens is 2. The van der Waals surface area contributed by atoms with Crippen LogP contribution < -0.4 is 5.32 Å². The topological polar surface area (TPSA) is 41.1 Å². The Morgan fingerprint density at radius 1 is 1.30 bits per heavy atom. The molecule has 0 aliphatic carbocycles. The summed E-state index contributed by atoms with van der Waals surface area (Å²) >= 11 is 1.70. The van der Waals surface area contributed by atoms with E-state index < -0.39 is 0 Å². The molecule has 0 radical (unpaired) electrons. The number of hydrogen-bond acceptors (Lipinski definition) is 5. The summed E-state index contributed by atoms with van der Waals surface area (Å²) < 4.78 is 0. The van der Waals surface area contributed by atoms with Gasteiger partial charge in [-0.25, -0.2) is 4.98 Å². The van der Waals surface area contributed by atoms with Gasteiger partial charge in [0.2, 0.25) is 0 Å². The van der Waals surface area contributed by atoms with Crippen LogP contribution >= 0.6 is 23.7 Å². The Hall–Kier alpha value is -1.01. The molecule has 126 valence electrons. The number of halogens is 1. The van der Waals surface area contributed by atoms with Crippen molar-refractivity contribution >= 4 is 23.7 Å². The normalized spacial score (nSPS) is 15.6. The maximum atomic E-state index is 4.80. The van der Waals surface area contributed by atoms with E-state index in [1.807, 2.05) is 24.4 Å². The van der Waals surface area contributed by atoms with Gasteiger partial charge in [-0.3, -0.25) is 9.88 Å². The lowest BCUT2D eigenvalue weighted by atomic mass is 10.0. The molecule has 3 rings (SSSR count). The van der Waals surface area contributed by atoms with Crippen molar-refractivity contribution in [3.63, 3.8) is 0 Å². The van der Waals surface area contributed by atoms with Gasteiger partial charge >= 0.3 is 0 Å². The lowest BCUT2D eigenvalue weighted by Gasteiger charge is -2.34. The maximum absolute atomic E-state index is 4.80. The second kappa shape index (κ2) is 9.33. The molecule has 4 nitrogen and oxygen atoms in total. The SMILES string of the molecule is CCCN(Cc1csc(-c2ccccn2)n1)C1CCNCC1.Cl. The third kappa shape index (κ3) is 4.98. The fourth-order valence-corrected chi connectivity index (χ4v) is 3.83. The molecule has 0 atom stereocenters. The van der Waals surface area contributed by atoms with Crippen molar-refractivity contribution in [2.75, 3.05) is 19.6 Å². The molecule has 0 aromatic carbocycles. The highest BCUT2D eigenvalue weighted by Crippen LogP contribution is 2.23. The molecule has 23 heavy (non-hydrogen) atoms. The molecule has 1 aliphatic rings. The molecule has 0 bridgehead atoms. The molecule has 0 unspecified atom stereocenters. The van der Waals surface area contributed by atoms with E-state index in [1.165, 1.54) is 25.0 Å². The summed E-state index contributed by atoms with van der Waals surface area (Å²) in [6, 6.07) is 6.68. The van der Waals surface area contributed by atoms with Crippen molar-refractivity contribution < 1.29 is 0 Å². The predicted molar refractivity (Wildman–Crippen MR) is 99.2 cm³/mol. The van der Waals surface area contributed by atoms with Crippen molar-refractivity contribution in [1.82, 2.24) is 20.2 Å². The van der Waals surface area contributed by atoms with Crippen LogP contribution in [0.3, 0.4) is 0 Å². The average Bonchev–Trinajstić information content (AvgIpc) is 3.05. The number of piperidine rings is 1. The zero-order valence-electron chi connectivity index (χ0n) is 13.6. The van der Waals surface area contributed by atoms with Crippen LogP contribution in [0.4, 0.5) is 0 Å². The summed E-state index contributed by atoms with van der Waals surface area (Å²) in [6.07, 6.45) is 5.52. The zero-order valence-corrected chi connectivity index (χ0v) is 15.2. The van der Waals surface area contributed by atoms with Gasteiger partial charge in [0.25, 0.3) is 0 Å². The second-order valence-electron chi connectivity index (χ2n) is 5.81. The van der Waals surface area contributed by atoms with Gasteiger partial charge in [0.1, 0.15) is 5.01 Å². The highest BCUT2D eigenvalue weighted by atomic mass is 35.5. The van der Waals surface area contributed by atoms with E-state index in [2.05, 4.69) is 27.5 Å². The third-order valence-electron chi connectivity index (χ3n) is 4.14. The lowest BCUT2D eigenvalue weighted by molar-refractivity contribution is 0.153. The number of nitrogens with zero attached hydrogens (tertiary/aromatic N) is 3. The molecular weight excluding hydrogens is 328 g/mol. The first-order valence-electron chi connectivity index (χ1n) is 8.17. The number of rotatable bonds is 6. The van der Waals surface area contributed by atoms with Crippen LogP contribution in [0.15, 0.2) is 29.8 Å². The van der Waals surface area contributed by atoms with Crippen molar-refractivity contribution in [2.45, 2.75) is 38.8 Å². The van der Waals surface area contributed by atoms with Crippen LogP contribution in [0.1, 0.15) is 31.9 Å². The highest BCUT2D eigenvalue weighted by Gasteiger charge is 2.21. The largest absolute Gasteiger partial charge is 0.317 e. The van der Waals surface area contributed by atoms with Gasteiger partial charge in [0.05, 0.1) is 11.4 Å². The number of thiazole rings is 1. The quantitative estimate of drug-likeness (QED) is 0.862. The summed E-state index contributed by atoms with van der Waals surface area (Å²) in [6.45, 7) is 6.65. The van der Waals surface area contributed by atoms with E-state index in [-0.39, 0.29) is 12.4 Å². The first-order chi connectivity index (χ1) is 10.9. The number of pyridine rings is 1. The lowest BCUT2D eigenvalue weighted by Crippen LogP contribution is -2.43. The van der Waals surface area contributed by atoms with Crippen LogP contribution in [-0.2, 0) is 6.54 Å². The molecule has 1 fully saturated rings. The molecule has 1 aliphatic heterocycles. The Labute approximate surface area is 148 Å². The summed E-state index contributed by atoms with van der Waals surface area (Å²) in [4.78, 5) is 11.8. The summed E-state index contributed by atoms with van der Waals surface area (Å²) in [5.41, 5.74) is 2.15. The van der Waals surface area contributed by atoms with Crippen molar-refractivity contribution in [2.24, 2.45) is 0 Å². The van der Waals surface area contributed by atoms with Crippen LogP contribution in [-0.4, -0.2) is 40.5 Å². The van der Waals surface area contributed by atoms with Gasteiger partial charge in [-0.05, 0) is 51.0 Å². The molecule has 0 amide bonds. The fourth-order valence-electron chi connectivity index (χ4n) is 3.04. The Morgan fingerprint density at radius 3 is 2.83 bits per heavy atom. The van der Waals surface area contributed by atoms with E-state index in [0.717, 1.165) is 36.9 Å². The van der Waals surface area contributed by atoms with Crippen LogP contribution in [0.2, 0.25) is 0 Å². The van der Waals surface area contributed by atoms with Crippen LogP contribution in [0.25, 0.3) is 10.7 Å². The number of nitrogens with one attached hydrogen (secondary N) is 1. The standard InChI is InChI=1S/C17H24N4S.ClH/c1-2-11-21(15-6-9-18-10-7-15)12-14-13-22-17(20-14)16-5-3-4-8-19-16;/h3-5,8,13,15,18H,2,6-7,9-12H2,1H3;1H. The number of hydrogen-bond donors (Lipinski definition) is 1. The van der Waals surface area contributed by atoms with E-state index >= 15 is 0 Å². The molecule has 1 saturated heterocycles. The summed E-state index contributed by atoms with van der Waals surface area (Å²) in [7, 11) is 0. The Balaban J connectivity index is 0.00000192. The van der Waals surface area contributed by atoms with Crippen molar-refractivity contribution in [3.05, 3.63) is 35.5 Å². The zero-order chi connectivity index (χ0) is 15.2. The minimum Gasteiger partial charge on any atom is -0.317 e. The van der Waals surface area contributed by atoms with E-state index in [1.54, 1.807) is 11.3 Å². The van der Waals surface area contributed by atoms with Gasteiger partial charge in [-0.1, -0.05) is 13.0 Å². The average molecular weight is 353 g/mol. The molecule has 0 spiro atoms. The van der Waals surface area contributed by atoms with E-state index in [4.69, 9.17) is 4.98 Å². The first kappa shape index (κ1) is 18.3. The minimum atomic E-state index is 0. The van der Waals surface area contributed by atoms with E-state index in [9.17, 15) is 0 Å².